The first kappa shape index (κ1) is 83.7. The Hall–Kier alpha value is -1.71. The van der Waals surface area contributed by atoms with Gasteiger partial charge in [-0.1, -0.05) is 45.9 Å². The van der Waals surface area contributed by atoms with Gasteiger partial charge >= 0.3 is 5.97 Å². The average molecular weight is 1450 g/mol. The first-order valence-electron chi connectivity index (χ1n) is 32.0. The molecule has 6 aliphatic heterocycles. The van der Waals surface area contributed by atoms with Crippen molar-refractivity contribution in [3.63, 3.8) is 0 Å². The maximum Gasteiger partial charge on any atom is 0.340 e. The predicted molar refractivity (Wildman–Crippen MR) is 382 cm³/mol. The lowest BCUT2D eigenvalue weighted by atomic mass is 9.77. The molecule has 0 radical (unpaired) electrons. The third kappa shape index (κ3) is 26.7. The van der Waals surface area contributed by atoms with Crippen molar-refractivity contribution in [1.29, 1.82) is 0 Å². The number of aryl methyl sites for hydroxylation is 1. The number of amides is 1. The Morgan fingerprint density at radius 1 is 0.667 bits per heavy atom. The summed E-state index contributed by atoms with van der Waals surface area (Å²) in [6.45, 7) is 24.1. The van der Waals surface area contributed by atoms with Crippen LogP contribution in [0.3, 0.4) is 0 Å². The molecule has 2 N–H and O–H groups in total. The molecule has 3 aromatic rings. The number of phenols is 1. The van der Waals surface area contributed by atoms with Crippen LogP contribution in [0.15, 0.2) is 54.6 Å². The minimum atomic E-state index is -2.35. The van der Waals surface area contributed by atoms with Crippen LogP contribution < -0.4 is 24.7 Å². The second kappa shape index (κ2) is 38.2. The van der Waals surface area contributed by atoms with Gasteiger partial charge in [-0.15, -0.1) is 54.2 Å². The number of carbonyl (C=O) groups is 2. The molecule has 1 spiro atoms. The first-order valence-corrected chi connectivity index (χ1v) is 45.4. The molecule has 4 fully saturated rings. The number of ether oxygens (including phenoxy) is 10. The molecule has 9 rings (SSSR count). The van der Waals surface area contributed by atoms with E-state index in [1.165, 1.54) is 6.07 Å². The van der Waals surface area contributed by atoms with Crippen molar-refractivity contribution < 1.29 is 81.3 Å². The summed E-state index contributed by atoms with van der Waals surface area (Å²) >= 11 is 19.8. The monoisotopic (exact) mass is 1450 g/mol. The fourth-order valence-electron chi connectivity index (χ4n) is 13.3. The van der Waals surface area contributed by atoms with Crippen LogP contribution in [0.5, 0.6) is 17.2 Å². The summed E-state index contributed by atoms with van der Waals surface area (Å²) in [5.41, 5.74) is 2.46. The highest BCUT2D eigenvalue weighted by Crippen LogP contribution is 2.57. The van der Waals surface area contributed by atoms with Gasteiger partial charge in [-0.2, -0.15) is 0 Å². The van der Waals surface area contributed by atoms with E-state index in [1.54, 1.807) is 85.4 Å². The summed E-state index contributed by atoms with van der Waals surface area (Å²) in [5.74, 6) is 2.11. The van der Waals surface area contributed by atoms with E-state index in [2.05, 4.69) is 26.1 Å². The minimum Gasteiger partial charge on any atom is -0.821 e. The molecule has 1 amide bonds. The number of methoxy groups -OCH3 is 4. The molecule has 6 heterocycles. The van der Waals surface area contributed by atoms with Crippen LogP contribution in [-0.2, 0) is 100 Å². The van der Waals surface area contributed by atoms with Crippen molar-refractivity contribution in [2.24, 2.45) is 29.6 Å². The number of rotatable bonds is 23. The van der Waals surface area contributed by atoms with Gasteiger partial charge in [0.05, 0.1) is 74.2 Å². The Bertz CT molecular complexity index is 2880. The molecule has 4 saturated heterocycles. The van der Waals surface area contributed by atoms with Crippen LogP contribution in [0.25, 0.3) is 0 Å². The number of aromatic hydroxyl groups is 1. The molecule has 3 aromatic carbocycles. The van der Waals surface area contributed by atoms with E-state index in [0.717, 1.165) is 63.5 Å². The van der Waals surface area contributed by atoms with Gasteiger partial charge in [0.25, 0.3) is 5.91 Å². The molecule has 530 valence electrons. The van der Waals surface area contributed by atoms with E-state index in [-0.39, 0.29) is 61.8 Å². The molecule has 26 heteroatoms. The number of nitrogens with one attached hydrogen (secondary N) is 1. The summed E-state index contributed by atoms with van der Waals surface area (Å²) in [5, 5.41) is 13.0. The lowest BCUT2D eigenvalue weighted by molar-refractivity contribution is -0.161. The summed E-state index contributed by atoms with van der Waals surface area (Å²) in [6.07, 6.45) is 2.43. The lowest BCUT2D eigenvalue weighted by Gasteiger charge is -2.36. The molecule has 18 nitrogen and oxygen atoms in total. The fourth-order valence-corrected chi connectivity index (χ4v) is 20.6. The Labute approximate surface area is 576 Å². The quantitative estimate of drug-likeness (QED) is 0.0388. The highest BCUT2D eigenvalue weighted by molar-refractivity contribution is 8.36. The van der Waals surface area contributed by atoms with Crippen LogP contribution in [0, 0.1) is 36.5 Å². The molecular formula is C67H107NO17P4S4-4. The Morgan fingerprint density at radius 2 is 1.10 bits per heavy atom. The van der Waals surface area contributed by atoms with Gasteiger partial charge in [-0.3, -0.25) is 4.79 Å². The maximum atomic E-state index is 13.2. The number of carbonyl (C=O) groups excluding carboxylic acids is 2. The Morgan fingerprint density at radius 3 is 1.54 bits per heavy atom. The SMILES string of the molecule is C.CC[C@H]1O[C@@H](C)CC1CP(C)([O-])=S.COCC(C)CCCCNC(=O)c1ccc2c(c1)C(=O)OC21c2ccc(C)cc2Oc2cc(O)ccc21.COC[C@H]1O[C@@H](C)CC1CP(C)(=O)[S-].COC[C@H]1O[C@@H](C)CC1CP(C)([O-])=S.COC[C@H]1O[C@@H](C)CC1CP(C)([O-])=S. The minimum absolute atomic E-state index is 0. The molecule has 93 heavy (non-hydrogen) atoms. The highest BCUT2D eigenvalue weighted by Gasteiger charge is 2.54. The van der Waals surface area contributed by atoms with Gasteiger partial charge in [0.15, 0.2) is 5.60 Å². The van der Waals surface area contributed by atoms with E-state index in [4.69, 9.17) is 95.0 Å². The van der Waals surface area contributed by atoms with Crippen LogP contribution in [0.2, 0.25) is 0 Å². The summed E-state index contributed by atoms with van der Waals surface area (Å²) in [4.78, 5) is 60.7. The number of benzene rings is 3. The van der Waals surface area contributed by atoms with E-state index in [0.29, 0.717) is 126 Å². The van der Waals surface area contributed by atoms with E-state index in [9.17, 15) is 33.9 Å². The van der Waals surface area contributed by atoms with Crippen molar-refractivity contribution in [1.82, 2.24) is 5.32 Å². The molecule has 18 atom stereocenters. The zero-order valence-corrected chi connectivity index (χ0v) is 63.5. The van der Waals surface area contributed by atoms with Crippen LogP contribution in [-0.4, -0.2) is 179 Å². The Balaban J connectivity index is 0.000000274. The van der Waals surface area contributed by atoms with Crippen molar-refractivity contribution in [3.05, 3.63) is 88.0 Å². The van der Waals surface area contributed by atoms with Gasteiger partial charge in [-0.05, 0) is 203 Å². The second-order valence-electron chi connectivity index (χ2n) is 26.4. The predicted octanol–water partition coefficient (Wildman–Crippen LogP) is 11.2. The molecule has 0 aliphatic carbocycles. The van der Waals surface area contributed by atoms with E-state index >= 15 is 0 Å². The lowest BCUT2D eigenvalue weighted by Crippen LogP contribution is -2.33. The normalized spacial score (nSPS) is 29.3. The first-order chi connectivity index (χ1) is 43.0. The molecular weight excluding hydrogens is 1340 g/mol. The number of hydrogen-bond acceptors (Lipinski definition) is 21. The highest BCUT2D eigenvalue weighted by atomic mass is 32.7. The number of fused-ring (bicyclic) bond motifs is 6. The van der Waals surface area contributed by atoms with Gasteiger partial charge in [0.2, 0.25) is 0 Å². The maximum absolute atomic E-state index is 13.2. The van der Waals surface area contributed by atoms with E-state index < -0.39 is 36.7 Å². The van der Waals surface area contributed by atoms with Gasteiger partial charge in [-0.25, -0.2) is 4.79 Å². The van der Waals surface area contributed by atoms with Crippen LogP contribution in [0.4, 0.5) is 0 Å². The second-order valence-corrected chi connectivity index (χ2v) is 45.3. The number of hydrogen-bond donors (Lipinski definition) is 2. The van der Waals surface area contributed by atoms with Crippen LogP contribution in [0.1, 0.15) is 143 Å². The van der Waals surface area contributed by atoms with E-state index in [1.807, 2.05) is 45.9 Å². The molecule has 0 aromatic heterocycles. The smallest absolute Gasteiger partial charge is 0.340 e. The summed E-state index contributed by atoms with van der Waals surface area (Å²) < 4.78 is 66.9. The van der Waals surface area contributed by atoms with Crippen molar-refractivity contribution in [3.8, 4) is 17.2 Å². The standard InChI is InChI=1S/C30H31NO6.3C9H19O3PS.C9H19O2PS.CH4/c1-18-7-10-24-26(14-18)36-27-16-21(32)9-12-25(27)30(24)23-11-8-20(15-22(23)29(34)37-30)28(33)31-13-5-4-6-19(2)17-35-3;3*1-7-4-8(6-13(3,10)14)9(12-7)5-11-2;1-4-9-8(5-7(2)11-9)6-12(3,10)13;/h7-12,14-16,19,32H,4-6,13,17H2,1-3H3,(H,31,33);3*7-9H,4-6H2,1-3H3,(H,10,14);7-9H,4-6H2,1-3H3,(H,10,13);1H4/p-4/t;3*7-,8?,9+,13?;7-,8?,9+,12?;/m.0000./s1. The van der Waals surface area contributed by atoms with Gasteiger partial charge in [0.1, 0.15) is 17.2 Å². The zero-order chi connectivity index (χ0) is 68.5. The number of phenolic OH excluding ortho intramolecular Hbond substituents is 1. The summed E-state index contributed by atoms with van der Waals surface area (Å²) in [6, 6.07) is 15.6. The topological polar surface area (TPSA) is 245 Å². The number of esters is 1. The van der Waals surface area contributed by atoms with Gasteiger partial charge in [0, 0.05) is 69.9 Å². The van der Waals surface area contributed by atoms with Crippen LogP contribution >= 0.6 is 25.1 Å². The van der Waals surface area contributed by atoms with Crippen molar-refractivity contribution in [2.45, 2.75) is 162 Å². The van der Waals surface area contributed by atoms with Crippen molar-refractivity contribution >= 4 is 84.7 Å². The largest absolute Gasteiger partial charge is 0.821 e. The zero-order valence-electron chi connectivity index (χ0n) is 56.6. The summed E-state index contributed by atoms with van der Waals surface area (Å²) in [7, 11) is 6.67. The Kier molecular flexibility index (Phi) is 34.4. The van der Waals surface area contributed by atoms with Crippen molar-refractivity contribution in [2.75, 3.05) is 113 Å². The molecule has 0 bridgehead atoms. The molecule has 10 unspecified atom stereocenters. The third-order valence-corrected chi connectivity index (χ3v) is 23.3. The average Bonchev–Trinajstić information content (AvgIpc) is 1.62. The van der Waals surface area contributed by atoms with Gasteiger partial charge < -0.3 is 89.3 Å². The fraction of sp³-hybridized carbons (Fsp3) is 0.701. The molecule has 0 saturated carbocycles. The number of unbranched alkanes of at least 4 members (excludes halogenated alkanes) is 1. The third-order valence-electron chi connectivity index (χ3n) is 17.0. The molecule has 6 aliphatic rings.